The monoisotopic (exact) mass is 482 g/mol. The predicted octanol–water partition coefficient (Wildman–Crippen LogP) is 4.67. The normalized spacial score (nSPS) is 21.2. The third-order valence-electron chi connectivity index (χ3n) is 6.30. The van der Waals surface area contributed by atoms with Crippen LogP contribution in [0.5, 0.6) is 0 Å². The summed E-state index contributed by atoms with van der Waals surface area (Å²) in [5.41, 5.74) is 2.84. The SMILES string of the molecule is CC(=O)N(C)c1c(F)c(C)c(-c2ccc3nc(NC4C=C([C@@H]5C[C@@H]5F)O4)sc3n2)c2cn[nH]c12. The number of aromatic nitrogens is 4. The highest BCUT2D eigenvalue weighted by Gasteiger charge is 2.45. The number of alkyl halides is 1. The first kappa shape index (κ1) is 21.0. The summed E-state index contributed by atoms with van der Waals surface area (Å²) < 4.78 is 34.2. The standard InChI is InChI=1S/C23H20F2N6O2S/c1-9-18(12-8-26-30-20(12)21(19(9)25)31(3)10(2)32)14-4-5-15-22(27-14)34-23(28-15)29-17-7-16(33-17)11-6-13(11)24/h4-5,7-8,11,13,17H,6H2,1-3H3,(H,26,30)(H,28,29)/t11-,13+,17?/m1/s1. The maximum absolute atomic E-state index is 15.5. The number of pyridine rings is 1. The Morgan fingerprint density at radius 3 is 2.82 bits per heavy atom. The highest BCUT2D eigenvalue weighted by Crippen LogP contribution is 2.44. The Morgan fingerprint density at radius 1 is 1.35 bits per heavy atom. The summed E-state index contributed by atoms with van der Waals surface area (Å²) in [6, 6.07) is 3.62. The molecule has 2 N–H and O–H groups in total. The lowest BCUT2D eigenvalue weighted by molar-refractivity contribution is -0.116. The van der Waals surface area contributed by atoms with Gasteiger partial charge in [-0.2, -0.15) is 5.10 Å². The Balaban J connectivity index is 1.36. The molecule has 2 aliphatic rings. The minimum atomic E-state index is -0.788. The Bertz CT molecular complexity index is 1510. The average Bonchev–Trinajstić information content (AvgIpc) is 3.14. The molecular formula is C23H20F2N6O2S. The van der Waals surface area contributed by atoms with Gasteiger partial charge in [-0.1, -0.05) is 11.3 Å². The molecule has 1 saturated carbocycles. The molecule has 0 saturated heterocycles. The number of thiazole rings is 1. The molecule has 1 amide bonds. The molecule has 1 aliphatic carbocycles. The quantitative estimate of drug-likeness (QED) is 0.429. The van der Waals surface area contributed by atoms with Gasteiger partial charge >= 0.3 is 0 Å². The van der Waals surface area contributed by atoms with E-state index >= 15 is 4.39 Å². The van der Waals surface area contributed by atoms with E-state index in [4.69, 9.17) is 9.72 Å². The summed E-state index contributed by atoms with van der Waals surface area (Å²) in [7, 11) is 1.53. The van der Waals surface area contributed by atoms with Gasteiger partial charge in [-0.3, -0.25) is 9.89 Å². The van der Waals surface area contributed by atoms with E-state index in [0.717, 1.165) is 0 Å². The maximum atomic E-state index is 15.5. The van der Waals surface area contributed by atoms with Gasteiger partial charge in [-0.05, 0) is 31.0 Å². The van der Waals surface area contributed by atoms with Crippen LogP contribution in [0.15, 0.2) is 30.2 Å². The van der Waals surface area contributed by atoms with Crippen LogP contribution in [0.3, 0.4) is 0 Å². The van der Waals surface area contributed by atoms with Crippen LogP contribution in [0, 0.1) is 18.7 Å². The summed E-state index contributed by atoms with van der Waals surface area (Å²) in [6.45, 7) is 3.05. The van der Waals surface area contributed by atoms with Crippen LogP contribution in [0.4, 0.5) is 19.6 Å². The molecule has 4 heterocycles. The molecule has 174 valence electrons. The van der Waals surface area contributed by atoms with Crippen LogP contribution in [0.1, 0.15) is 18.9 Å². The number of ether oxygens (including phenoxy) is 1. The molecule has 8 nitrogen and oxygen atoms in total. The van der Waals surface area contributed by atoms with E-state index in [9.17, 15) is 9.18 Å². The molecule has 0 bridgehead atoms. The Kier molecular flexibility index (Phi) is 4.60. The summed E-state index contributed by atoms with van der Waals surface area (Å²) in [5, 5.41) is 11.4. The van der Waals surface area contributed by atoms with Gasteiger partial charge in [0.15, 0.2) is 17.2 Å². The molecule has 1 fully saturated rings. The van der Waals surface area contributed by atoms with Crippen molar-refractivity contribution in [3.05, 3.63) is 41.5 Å². The summed E-state index contributed by atoms with van der Waals surface area (Å²) >= 11 is 1.35. The molecule has 6 rings (SSSR count). The van der Waals surface area contributed by atoms with E-state index in [2.05, 4.69) is 20.5 Å². The van der Waals surface area contributed by atoms with E-state index in [0.29, 0.717) is 55.4 Å². The number of benzene rings is 1. The number of fused-ring (bicyclic) bond motifs is 2. The highest BCUT2D eigenvalue weighted by molar-refractivity contribution is 7.21. The number of anilines is 2. The van der Waals surface area contributed by atoms with Gasteiger partial charge in [0.1, 0.15) is 28.0 Å². The molecule has 34 heavy (non-hydrogen) atoms. The van der Waals surface area contributed by atoms with Crippen LogP contribution >= 0.6 is 11.3 Å². The predicted molar refractivity (Wildman–Crippen MR) is 126 cm³/mol. The molecular weight excluding hydrogens is 462 g/mol. The van der Waals surface area contributed by atoms with E-state index in [1.54, 1.807) is 19.2 Å². The second-order valence-electron chi connectivity index (χ2n) is 8.55. The van der Waals surface area contributed by atoms with Gasteiger partial charge in [0, 0.05) is 31.0 Å². The van der Waals surface area contributed by atoms with Crippen LogP contribution < -0.4 is 10.2 Å². The van der Waals surface area contributed by atoms with Crippen molar-refractivity contribution in [3.8, 4) is 11.3 Å². The topological polar surface area (TPSA) is 96.0 Å². The third kappa shape index (κ3) is 3.22. The number of halogens is 2. The molecule has 1 unspecified atom stereocenters. The lowest BCUT2D eigenvalue weighted by Crippen LogP contribution is -2.29. The number of rotatable bonds is 5. The highest BCUT2D eigenvalue weighted by atomic mass is 32.1. The molecule has 1 aliphatic heterocycles. The molecule has 1 aromatic carbocycles. The first-order valence-electron chi connectivity index (χ1n) is 10.8. The van der Waals surface area contributed by atoms with E-state index < -0.39 is 12.0 Å². The van der Waals surface area contributed by atoms with Crippen molar-refractivity contribution >= 4 is 49.3 Å². The smallest absolute Gasteiger partial charge is 0.223 e. The van der Waals surface area contributed by atoms with Crippen molar-refractivity contribution in [1.29, 1.82) is 0 Å². The fraction of sp³-hybridized carbons (Fsp3) is 0.304. The fourth-order valence-corrected chi connectivity index (χ4v) is 5.10. The zero-order valence-electron chi connectivity index (χ0n) is 18.5. The van der Waals surface area contributed by atoms with Gasteiger partial charge in [0.05, 0.1) is 23.3 Å². The molecule has 4 aromatic rings. The Morgan fingerprint density at radius 2 is 2.12 bits per heavy atom. The number of hydrogen-bond donors (Lipinski definition) is 2. The number of nitrogens with zero attached hydrogens (tertiary/aromatic N) is 4. The first-order valence-corrected chi connectivity index (χ1v) is 11.6. The first-order chi connectivity index (χ1) is 16.3. The van der Waals surface area contributed by atoms with Crippen molar-refractivity contribution in [2.45, 2.75) is 32.7 Å². The van der Waals surface area contributed by atoms with Crippen LogP contribution in [0.2, 0.25) is 0 Å². The summed E-state index contributed by atoms with van der Waals surface area (Å²) in [5.74, 6) is -0.186. The van der Waals surface area contributed by atoms with Gasteiger partial charge in [-0.15, -0.1) is 0 Å². The van der Waals surface area contributed by atoms with Crippen LogP contribution in [0.25, 0.3) is 32.5 Å². The fourth-order valence-electron chi connectivity index (χ4n) is 4.23. The molecule has 11 heteroatoms. The number of allylic oxidation sites excluding steroid dienone is 1. The molecule has 3 atom stereocenters. The molecule has 0 radical (unpaired) electrons. The maximum Gasteiger partial charge on any atom is 0.223 e. The van der Waals surface area contributed by atoms with E-state index in [1.165, 1.54) is 30.2 Å². The lowest BCUT2D eigenvalue weighted by atomic mass is 9.98. The number of nitrogens with one attached hydrogen (secondary N) is 2. The third-order valence-corrected chi connectivity index (χ3v) is 7.20. The van der Waals surface area contributed by atoms with Crippen molar-refractivity contribution in [1.82, 2.24) is 20.2 Å². The van der Waals surface area contributed by atoms with Crippen molar-refractivity contribution in [3.63, 3.8) is 0 Å². The molecule has 3 aromatic heterocycles. The number of carbonyl (C=O) groups excluding carboxylic acids is 1. The van der Waals surface area contributed by atoms with Crippen LogP contribution in [-0.4, -0.2) is 45.5 Å². The minimum absolute atomic E-state index is 0.0948. The zero-order valence-corrected chi connectivity index (χ0v) is 19.3. The summed E-state index contributed by atoms with van der Waals surface area (Å²) in [4.78, 5) is 23.2. The van der Waals surface area contributed by atoms with Gasteiger partial charge < -0.3 is 15.0 Å². The van der Waals surface area contributed by atoms with Gasteiger partial charge in [0.25, 0.3) is 0 Å². The number of H-pyrrole nitrogens is 1. The lowest BCUT2D eigenvalue weighted by Gasteiger charge is -2.27. The van der Waals surface area contributed by atoms with Gasteiger partial charge in [-0.25, -0.2) is 18.7 Å². The van der Waals surface area contributed by atoms with Crippen LogP contribution in [-0.2, 0) is 9.53 Å². The number of amides is 1. The Hall–Kier alpha value is -3.60. The number of aromatic amines is 1. The largest absolute Gasteiger partial charge is 0.471 e. The van der Waals surface area contributed by atoms with E-state index in [1.807, 2.05) is 12.1 Å². The Labute approximate surface area is 196 Å². The average molecular weight is 483 g/mol. The molecule has 0 spiro atoms. The minimum Gasteiger partial charge on any atom is -0.471 e. The second-order valence-corrected chi connectivity index (χ2v) is 9.53. The summed E-state index contributed by atoms with van der Waals surface area (Å²) in [6.07, 6.45) is 2.89. The number of carbonyl (C=O) groups is 1. The zero-order chi connectivity index (χ0) is 23.7. The van der Waals surface area contributed by atoms with Gasteiger partial charge in [0.2, 0.25) is 5.91 Å². The van der Waals surface area contributed by atoms with Crippen molar-refractivity contribution < 1.29 is 18.3 Å². The second kappa shape index (κ2) is 7.45. The number of hydrogen-bond acceptors (Lipinski definition) is 7. The van der Waals surface area contributed by atoms with Crippen molar-refractivity contribution in [2.75, 3.05) is 17.3 Å². The van der Waals surface area contributed by atoms with E-state index in [-0.39, 0.29) is 23.7 Å². The van der Waals surface area contributed by atoms with Crippen molar-refractivity contribution in [2.24, 2.45) is 5.92 Å².